The molecule has 2 rings (SSSR count). The molecule has 0 saturated heterocycles. The number of primary amides is 1. The molecule has 4 nitrogen and oxygen atoms in total. The van der Waals surface area contributed by atoms with Crippen LogP contribution >= 0.6 is 0 Å². The maximum absolute atomic E-state index is 11.0. The lowest BCUT2D eigenvalue weighted by atomic mass is 10.1. The van der Waals surface area contributed by atoms with Crippen molar-refractivity contribution in [3.63, 3.8) is 0 Å². The smallest absolute Gasteiger partial charge is 0.248 e. The average molecular weight is 242 g/mol. The number of hydrogen-bond acceptors (Lipinski definition) is 3. The number of nitrogens with two attached hydrogens (primary N) is 1. The van der Waals surface area contributed by atoms with Crippen molar-refractivity contribution in [2.24, 2.45) is 5.73 Å². The molecular formula is C14H14N2O2. The van der Waals surface area contributed by atoms with Crippen LogP contribution in [0.3, 0.4) is 0 Å². The van der Waals surface area contributed by atoms with Crippen molar-refractivity contribution in [2.75, 3.05) is 5.32 Å². The predicted molar refractivity (Wildman–Crippen MR) is 70.4 cm³/mol. The third-order valence-corrected chi connectivity index (χ3v) is 2.58. The average Bonchev–Trinajstić information content (AvgIpc) is 2.38. The highest BCUT2D eigenvalue weighted by Crippen LogP contribution is 2.14. The number of aromatic hydroxyl groups is 1. The Bertz CT molecular complexity index is 550. The molecule has 0 bridgehead atoms. The molecule has 0 saturated carbocycles. The van der Waals surface area contributed by atoms with E-state index in [1.54, 1.807) is 30.3 Å². The first-order valence-corrected chi connectivity index (χ1v) is 5.57. The molecule has 2 aromatic carbocycles. The Balaban J connectivity index is 2.04. The maximum atomic E-state index is 11.0. The van der Waals surface area contributed by atoms with Gasteiger partial charge in [0.1, 0.15) is 5.75 Å². The minimum atomic E-state index is -0.441. The summed E-state index contributed by atoms with van der Waals surface area (Å²) in [5, 5.41) is 12.4. The first-order chi connectivity index (χ1) is 8.65. The van der Waals surface area contributed by atoms with Gasteiger partial charge in [0.2, 0.25) is 5.91 Å². The number of hydrogen-bond donors (Lipinski definition) is 3. The second-order valence-electron chi connectivity index (χ2n) is 3.97. The van der Waals surface area contributed by atoms with Gasteiger partial charge in [-0.3, -0.25) is 4.79 Å². The van der Waals surface area contributed by atoms with E-state index in [1.165, 1.54) is 0 Å². The molecule has 0 spiro atoms. The van der Waals surface area contributed by atoms with Gasteiger partial charge in [-0.05, 0) is 35.9 Å². The number of rotatable bonds is 4. The Morgan fingerprint density at radius 1 is 1.17 bits per heavy atom. The maximum Gasteiger partial charge on any atom is 0.248 e. The second kappa shape index (κ2) is 5.23. The SMILES string of the molecule is NC(=O)c1cccc(NCc2ccc(O)cc2)c1. The van der Waals surface area contributed by atoms with Crippen molar-refractivity contribution >= 4 is 11.6 Å². The molecule has 4 heteroatoms. The quantitative estimate of drug-likeness (QED) is 0.768. The van der Waals surface area contributed by atoms with Gasteiger partial charge in [-0.25, -0.2) is 0 Å². The fourth-order valence-corrected chi connectivity index (χ4v) is 1.60. The van der Waals surface area contributed by atoms with Crippen molar-refractivity contribution in [3.05, 3.63) is 59.7 Å². The molecule has 0 fully saturated rings. The number of benzene rings is 2. The number of carbonyl (C=O) groups is 1. The summed E-state index contributed by atoms with van der Waals surface area (Å²) >= 11 is 0. The number of amides is 1. The summed E-state index contributed by atoms with van der Waals surface area (Å²) in [6.45, 7) is 0.614. The third-order valence-electron chi connectivity index (χ3n) is 2.58. The monoisotopic (exact) mass is 242 g/mol. The van der Waals surface area contributed by atoms with Crippen LogP contribution in [-0.2, 0) is 6.54 Å². The van der Waals surface area contributed by atoms with E-state index in [4.69, 9.17) is 10.8 Å². The van der Waals surface area contributed by atoms with Crippen molar-refractivity contribution in [3.8, 4) is 5.75 Å². The lowest BCUT2D eigenvalue weighted by molar-refractivity contribution is 0.100. The normalized spacial score (nSPS) is 10.0. The van der Waals surface area contributed by atoms with Gasteiger partial charge in [0, 0.05) is 17.8 Å². The number of anilines is 1. The van der Waals surface area contributed by atoms with Crippen LogP contribution < -0.4 is 11.1 Å². The fraction of sp³-hybridized carbons (Fsp3) is 0.0714. The van der Waals surface area contributed by atoms with Crippen molar-refractivity contribution in [2.45, 2.75) is 6.54 Å². The molecule has 0 aliphatic heterocycles. The van der Waals surface area contributed by atoms with Crippen LogP contribution in [0.2, 0.25) is 0 Å². The number of phenols is 1. The molecule has 0 heterocycles. The zero-order valence-electron chi connectivity index (χ0n) is 9.76. The van der Waals surface area contributed by atoms with Gasteiger partial charge in [-0.2, -0.15) is 0 Å². The Kier molecular flexibility index (Phi) is 3.48. The van der Waals surface area contributed by atoms with Crippen LogP contribution in [-0.4, -0.2) is 11.0 Å². The first kappa shape index (κ1) is 12.0. The lowest BCUT2D eigenvalue weighted by Gasteiger charge is -2.07. The molecule has 0 unspecified atom stereocenters. The van der Waals surface area contributed by atoms with E-state index in [1.807, 2.05) is 18.2 Å². The minimum Gasteiger partial charge on any atom is -0.508 e. The minimum absolute atomic E-state index is 0.245. The Labute approximate surface area is 105 Å². The van der Waals surface area contributed by atoms with Gasteiger partial charge in [0.25, 0.3) is 0 Å². The zero-order chi connectivity index (χ0) is 13.0. The van der Waals surface area contributed by atoms with Crippen LogP contribution in [0.1, 0.15) is 15.9 Å². The lowest BCUT2D eigenvalue weighted by Crippen LogP contribution is -2.11. The highest BCUT2D eigenvalue weighted by Gasteiger charge is 2.01. The number of phenolic OH excluding ortho intramolecular Hbond substituents is 1. The first-order valence-electron chi connectivity index (χ1n) is 5.57. The second-order valence-corrected chi connectivity index (χ2v) is 3.97. The predicted octanol–water partition coefficient (Wildman–Crippen LogP) is 2.10. The summed E-state index contributed by atoms with van der Waals surface area (Å²) < 4.78 is 0. The molecule has 1 amide bonds. The van der Waals surface area contributed by atoms with Gasteiger partial charge in [-0.1, -0.05) is 18.2 Å². The molecule has 0 aromatic heterocycles. The summed E-state index contributed by atoms with van der Waals surface area (Å²) in [5.74, 6) is -0.197. The molecule has 0 aliphatic rings. The van der Waals surface area contributed by atoms with Crippen LogP contribution in [0.25, 0.3) is 0 Å². The fourth-order valence-electron chi connectivity index (χ4n) is 1.60. The summed E-state index contributed by atoms with van der Waals surface area (Å²) in [6, 6.07) is 14.0. The number of nitrogens with one attached hydrogen (secondary N) is 1. The molecule has 18 heavy (non-hydrogen) atoms. The van der Waals surface area contributed by atoms with Crippen molar-refractivity contribution in [1.82, 2.24) is 0 Å². The summed E-state index contributed by atoms with van der Waals surface area (Å²) in [5.41, 5.74) is 7.56. The van der Waals surface area contributed by atoms with Crippen LogP contribution in [0.5, 0.6) is 5.75 Å². The Hall–Kier alpha value is -2.49. The standard InChI is InChI=1S/C14H14N2O2/c15-14(18)11-2-1-3-12(8-11)16-9-10-4-6-13(17)7-5-10/h1-8,16-17H,9H2,(H2,15,18). The molecule has 0 radical (unpaired) electrons. The highest BCUT2D eigenvalue weighted by molar-refractivity contribution is 5.93. The van der Waals surface area contributed by atoms with Crippen LogP contribution in [0, 0.1) is 0 Å². The molecule has 4 N–H and O–H groups in total. The van der Waals surface area contributed by atoms with E-state index < -0.39 is 5.91 Å². The molecule has 0 aliphatic carbocycles. The van der Waals surface area contributed by atoms with Gasteiger partial charge < -0.3 is 16.2 Å². The molecule has 0 atom stereocenters. The van der Waals surface area contributed by atoms with E-state index in [0.717, 1.165) is 11.3 Å². The van der Waals surface area contributed by atoms with Crippen molar-refractivity contribution < 1.29 is 9.90 Å². The van der Waals surface area contributed by atoms with E-state index in [-0.39, 0.29) is 5.75 Å². The number of carbonyl (C=O) groups excluding carboxylic acids is 1. The van der Waals surface area contributed by atoms with Crippen molar-refractivity contribution in [1.29, 1.82) is 0 Å². The van der Waals surface area contributed by atoms with E-state index in [0.29, 0.717) is 12.1 Å². The van der Waals surface area contributed by atoms with E-state index in [9.17, 15) is 4.79 Å². The summed E-state index contributed by atoms with van der Waals surface area (Å²) in [6.07, 6.45) is 0. The van der Waals surface area contributed by atoms with Gasteiger partial charge in [-0.15, -0.1) is 0 Å². The largest absolute Gasteiger partial charge is 0.508 e. The van der Waals surface area contributed by atoms with Gasteiger partial charge in [0.05, 0.1) is 0 Å². The Morgan fingerprint density at radius 2 is 1.89 bits per heavy atom. The summed E-state index contributed by atoms with van der Waals surface area (Å²) in [4.78, 5) is 11.0. The van der Waals surface area contributed by atoms with Gasteiger partial charge in [0.15, 0.2) is 0 Å². The van der Waals surface area contributed by atoms with Gasteiger partial charge >= 0.3 is 0 Å². The Morgan fingerprint density at radius 3 is 2.56 bits per heavy atom. The zero-order valence-corrected chi connectivity index (χ0v) is 9.76. The molecular weight excluding hydrogens is 228 g/mol. The van der Waals surface area contributed by atoms with Crippen LogP contribution in [0.15, 0.2) is 48.5 Å². The highest BCUT2D eigenvalue weighted by atomic mass is 16.3. The van der Waals surface area contributed by atoms with Crippen LogP contribution in [0.4, 0.5) is 5.69 Å². The summed E-state index contributed by atoms with van der Waals surface area (Å²) in [7, 11) is 0. The topological polar surface area (TPSA) is 75.4 Å². The molecule has 2 aromatic rings. The van der Waals surface area contributed by atoms with E-state index in [2.05, 4.69) is 5.32 Å². The van der Waals surface area contributed by atoms with E-state index >= 15 is 0 Å². The third kappa shape index (κ3) is 3.01. The molecule has 92 valence electrons.